The molecule has 0 spiro atoms. The zero-order valence-corrected chi connectivity index (χ0v) is 18.1. The number of benzene rings is 1. The predicted molar refractivity (Wildman–Crippen MR) is 113 cm³/mol. The summed E-state index contributed by atoms with van der Waals surface area (Å²) in [5.74, 6) is 1.23. The zero-order valence-electron chi connectivity index (χ0n) is 18.1. The molecule has 0 radical (unpaired) electrons. The molecule has 1 aromatic carbocycles. The number of aryl methyl sites for hydroxylation is 1. The summed E-state index contributed by atoms with van der Waals surface area (Å²) in [4.78, 5) is 29.6. The zero-order chi connectivity index (χ0) is 22.2. The second kappa shape index (κ2) is 10.8. The highest BCUT2D eigenvalue weighted by atomic mass is 16.5. The van der Waals surface area contributed by atoms with E-state index in [4.69, 9.17) is 18.7 Å². The van der Waals surface area contributed by atoms with Crippen molar-refractivity contribution >= 4 is 17.6 Å². The average molecular weight is 432 g/mol. The van der Waals surface area contributed by atoms with E-state index >= 15 is 0 Å². The summed E-state index contributed by atoms with van der Waals surface area (Å²) in [5.41, 5.74) is 0.378. The lowest BCUT2D eigenvalue weighted by Gasteiger charge is -2.30. The van der Waals surface area contributed by atoms with Crippen molar-refractivity contribution in [3.63, 3.8) is 0 Å². The molecule has 10 heteroatoms. The van der Waals surface area contributed by atoms with Gasteiger partial charge in [-0.2, -0.15) is 0 Å². The van der Waals surface area contributed by atoms with Crippen molar-refractivity contribution in [2.45, 2.75) is 6.92 Å². The molecule has 0 unspecified atom stereocenters. The van der Waals surface area contributed by atoms with Crippen LogP contribution in [0.4, 0.5) is 5.82 Å². The molecule has 0 saturated carbocycles. The predicted octanol–water partition coefficient (Wildman–Crippen LogP) is 1.41. The van der Waals surface area contributed by atoms with Crippen molar-refractivity contribution in [3.8, 4) is 11.5 Å². The van der Waals surface area contributed by atoms with Gasteiger partial charge in [-0.3, -0.25) is 14.5 Å². The van der Waals surface area contributed by atoms with Gasteiger partial charge < -0.3 is 29.0 Å². The number of rotatable bonds is 9. The van der Waals surface area contributed by atoms with Gasteiger partial charge in [0, 0.05) is 43.9 Å². The second-order valence-electron chi connectivity index (χ2n) is 7.15. The number of nitrogens with zero attached hydrogens (tertiary/aromatic N) is 3. The minimum atomic E-state index is -0.363. The van der Waals surface area contributed by atoms with Crippen LogP contribution in [-0.2, 0) is 9.53 Å². The molecule has 2 heterocycles. The van der Waals surface area contributed by atoms with Crippen LogP contribution in [0.1, 0.15) is 16.1 Å². The average Bonchev–Trinajstić information content (AvgIpc) is 3.20. The number of hydrogen-bond acceptors (Lipinski definition) is 8. The first-order valence-electron chi connectivity index (χ1n) is 10.0. The summed E-state index contributed by atoms with van der Waals surface area (Å²) in [6, 6.07) is 6.57. The Kier molecular flexibility index (Phi) is 7.85. The van der Waals surface area contributed by atoms with Gasteiger partial charge in [-0.25, -0.2) is 0 Å². The number of morpholine rings is 1. The minimum absolute atomic E-state index is 0.130. The van der Waals surface area contributed by atoms with Gasteiger partial charge in [-0.05, 0) is 19.1 Å². The third kappa shape index (κ3) is 6.43. The highest BCUT2D eigenvalue weighted by molar-refractivity contribution is 5.99. The fourth-order valence-electron chi connectivity index (χ4n) is 3.23. The standard InChI is InChI=1S/C21H28N4O6/c1-15-10-19(23-31-15)22-20(26)14-25(5-4-24-6-8-30-9-7-24)21(27)16-11-17(28-2)13-18(12-16)29-3/h10-13H,4-9,14H2,1-3H3,(H,22,23,26). The molecule has 1 aliphatic rings. The van der Waals surface area contributed by atoms with E-state index in [0.29, 0.717) is 54.9 Å². The lowest BCUT2D eigenvalue weighted by molar-refractivity contribution is -0.117. The van der Waals surface area contributed by atoms with Gasteiger partial charge in [0.25, 0.3) is 5.91 Å². The van der Waals surface area contributed by atoms with Crippen LogP contribution < -0.4 is 14.8 Å². The van der Waals surface area contributed by atoms with Crippen LogP contribution >= 0.6 is 0 Å². The molecular weight excluding hydrogens is 404 g/mol. The summed E-state index contributed by atoms with van der Waals surface area (Å²) < 4.78 is 20.9. The van der Waals surface area contributed by atoms with E-state index < -0.39 is 0 Å². The summed E-state index contributed by atoms with van der Waals surface area (Å²) in [7, 11) is 3.04. The molecule has 2 amide bonds. The van der Waals surface area contributed by atoms with Crippen LogP contribution in [0.3, 0.4) is 0 Å². The van der Waals surface area contributed by atoms with E-state index in [1.165, 1.54) is 19.1 Å². The number of amides is 2. The molecule has 2 aromatic rings. The molecule has 1 aliphatic heterocycles. The fraction of sp³-hybridized carbons (Fsp3) is 0.476. The van der Waals surface area contributed by atoms with Crippen molar-refractivity contribution < 1.29 is 28.3 Å². The fourth-order valence-corrected chi connectivity index (χ4v) is 3.23. The van der Waals surface area contributed by atoms with E-state index in [1.807, 2.05) is 0 Å². The number of carbonyl (C=O) groups is 2. The molecule has 0 bridgehead atoms. The Balaban J connectivity index is 1.74. The Morgan fingerprint density at radius 3 is 2.39 bits per heavy atom. The number of nitrogens with one attached hydrogen (secondary N) is 1. The highest BCUT2D eigenvalue weighted by Gasteiger charge is 2.22. The van der Waals surface area contributed by atoms with Gasteiger partial charge in [0.2, 0.25) is 5.91 Å². The summed E-state index contributed by atoms with van der Waals surface area (Å²) in [5, 5.41) is 6.43. The maximum atomic E-state index is 13.3. The molecular formula is C21H28N4O6. The first-order valence-corrected chi connectivity index (χ1v) is 10.0. The van der Waals surface area contributed by atoms with Crippen molar-refractivity contribution in [2.24, 2.45) is 0 Å². The van der Waals surface area contributed by atoms with Crippen LogP contribution in [-0.4, -0.2) is 86.9 Å². The van der Waals surface area contributed by atoms with E-state index in [2.05, 4.69) is 15.4 Å². The van der Waals surface area contributed by atoms with Gasteiger partial charge in [-0.1, -0.05) is 5.16 Å². The topological polar surface area (TPSA) is 106 Å². The SMILES string of the molecule is COc1cc(OC)cc(C(=O)N(CCN2CCOCC2)CC(=O)Nc2cc(C)on2)c1. The van der Waals surface area contributed by atoms with Crippen LogP contribution in [0.25, 0.3) is 0 Å². The van der Waals surface area contributed by atoms with Gasteiger partial charge >= 0.3 is 0 Å². The second-order valence-corrected chi connectivity index (χ2v) is 7.15. The van der Waals surface area contributed by atoms with Crippen LogP contribution in [0.15, 0.2) is 28.8 Å². The molecule has 3 rings (SSSR count). The van der Waals surface area contributed by atoms with Crippen molar-refractivity contribution in [1.29, 1.82) is 0 Å². The van der Waals surface area contributed by atoms with E-state index in [1.54, 1.807) is 31.2 Å². The highest BCUT2D eigenvalue weighted by Crippen LogP contribution is 2.23. The van der Waals surface area contributed by atoms with Crippen LogP contribution in [0, 0.1) is 6.92 Å². The van der Waals surface area contributed by atoms with Crippen molar-refractivity contribution in [2.75, 3.05) is 65.5 Å². The normalized spacial score (nSPS) is 14.2. The maximum absolute atomic E-state index is 13.3. The lowest BCUT2D eigenvalue weighted by atomic mass is 10.1. The number of carbonyl (C=O) groups excluding carboxylic acids is 2. The molecule has 1 N–H and O–H groups in total. The smallest absolute Gasteiger partial charge is 0.254 e. The Morgan fingerprint density at radius 1 is 1.13 bits per heavy atom. The van der Waals surface area contributed by atoms with Gasteiger partial charge in [0.05, 0.1) is 27.4 Å². The number of methoxy groups -OCH3 is 2. The molecule has 1 fully saturated rings. The molecule has 168 valence electrons. The van der Waals surface area contributed by atoms with E-state index in [-0.39, 0.29) is 18.4 Å². The Bertz CT molecular complexity index is 871. The third-order valence-corrected chi connectivity index (χ3v) is 4.91. The van der Waals surface area contributed by atoms with Gasteiger partial charge in [0.15, 0.2) is 5.82 Å². The number of ether oxygens (including phenoxy) is 3. The van der Waals surface area contributed by atoms with Gasteiger partial charge in [0.1, 0.15) is 23.8 Å². The first-order chi connectivity index (χ1) is 15.0. The molecule has 1 saturated heterocycles. The Morgan fingerprint density at radius 2 is 1.81 bits per heavy atom. The first kappa shape index (κ1) is 22.6. The van der Waals surface area contributed by atoms with E-state index in [0.717, 1.165) is 13.1 Å². The molecule has 10 nitrogen and oxygen atoms in total. The third-order valence-electron chi connectivity index (χ3n) is 4.91. The largest absolute Gasteiger partial charge is 0.497 e. The number of hydrogen-bond donors (Lipinski definition) is 1. The maximum Gasteiger partial charge on any atom is 0.254 e. The quantitative estimate of drug-likeness (QED) is 0.634. The lowest BCUT2D eigenvalue weighted by Crippen LogP contribution is -2.45. The summed E-state index contributed by atoms with van der Waals surface area (Å²) >= 11 is 0. The van der Waals surface area contributed by atoms with Crippen molar-refractivity contribution in [3.05, 3.63) is 35.6 Å². The minimum Gasteiger partial charge on any atom is -0.497 e. The molecule has 0 aliphatic carbocycles. The van der Waals surface area contributed by atoms with E-state index in [9.17, 15) is 9.59 Å². The molecule has 0 atom stereocenters. The molecule has 31 heavy (non-hydrogen) atoms. The van der Waals surface area contributed by atoms with Gasteiger partial charge in [-0.15, -0.1) is 0 Å². The van der Waals surface area contributed by atoms with Crippen molar-refractivity contribution in [1.82, 2.24) is 15.0 Å². The summed E-state index contributed by atoms with van der Waals surface area (Å²) in [6.07, 6.45) is 0. The monoisotopic (exact) mass is 432 g/mol. The Labute approximate surface area is 181 Å². The van der Waals surface area contributed by atoms with Crippen LogP contribution in [0.2, 0.25) is 0 Å². The summed E-state index contributed by atoms with van der Waals surface area (Å²) in [6.45, 7) is 5.51. The number of aromatic nitrogens is 1. The Hall–Kier alpha value is -3.11. The number of anilines is 1. The van der Waals surface area contributed by atoms with Crippen LogP contribution in [0.5, 0.6) is 11.5 Å². The molecule has 1 aromatic heterocycles.